The van der Waals surface area contributed by atoms with Crippen LogP contribution in [0.3, 0.4) is 0 Å². The first-order valence-corrected chi connectivity index (χ1v) is 6.26. The number of hydrogen-bond donors (Lipinski definition) is 2. The molecular formula is C16H17NO2. The molecule has 0 saturated carbocycles. The lowest BCUT2D eigenvalue weighted by molar-refractivity contribution is 0.0706. The van der Waals surface area contributed by atoms with E-state index in [2.05, 4.69) is 26.0 Å². The van der Waals surface area contributed by atoms with Crippen LogP contribution in [0, 0.1) is 0 Å². The predicted octanol–water partition coefficient (Wildman–Crippen LogP) is 3.60. The summed E-state index contributed by atoms with van der Waals surface area (Å²) in [6.45, 7) is 4.32. The Morgan fingerprint density at radius 3 is 2.32 bits per heavy atom. The molecule has 19 heavy (non-hydrogen) atoms. The van der Waals surface area contributed by atoms with Gasteiger partial charge in [0.25, 0.3) is 5.91 Å². The Bertz CT molecular complexity index is 574. The summed E-state index contributed by atoms with van der Waals surface area (Å²) in [7, 11) is 0. The SMILES string of the molecule is CC(C)c1cccc(-c2ccc(C(=O)NO)cc2)c1. The Kier molecular flexibility index (Phi) is 3.97. The van der Waals surface area contributed by atoms with Gasteiger partial charge in [-0.1, -0.05) is 50.2 Å². The highest BCUT2D eigenvalue weighted by molar-refractivity contribution is 5.93. The van der Waals surface area contributed by atoms with Gasteiger partial charge >= 0.3 is 0 Å². The van der Waals surface area contributed by atoms with Crippen LogP contribution in [0.4, 0.5) is 0 Å². The van der Waals surface area contributed by atoms with Crippen LogP contribution in [0.5, 0.6) is 0 Å². The number of hydroxylamine groups is 1. The molecule has 0 aromatic heterocycles. The molecule has 98 valence electrons. The number of rotatable bonds is 3. The lowest BCUT2D eigenvalue weighted by Gasteiger charge is -2.08. The standard InChI is InChI=1S/C16H17NO2/c1-11(2)14-4-3-5-15(10-14)12-6-8-13(9-7-12)16(18)17-19/h3-11,19H,1-2H3,(H,17,18). The minimum absolute atomic E-state index is 0.436. The molecule has 0 heterocycles. The predicted molar refractivity (Wildman–Crippen MR) is 75.2 cm³/mol. The average Bonchev–Trinajstić information content (AvgIpc) is 2.46. The molecule has 0 aliphatic rings. The van der Waals surface area contributed by atoms with Gasteiger partial charge in [0.05, 0.1) is 0 Å². The quantitative estimate of drug-likeness (QED) is 0.650. The lowest BCUT2D eigenvalue weighted by Crippen LogP contribution is -2.18. The topological polar surface area (TPSA) is 49.3 Å². The molecule has 0 fully saturated rings. The first kappa shape index (κ1) is 13.3. The maximum atomic E-state index is 11.2. The molecule has 0 radical (unpaired) electrons. The molecule has 0 spiro atoms. The second-order valence-corrected chi connectivity index (χ2v) is 4.80. The highest BCUT2D eigenvalue weighted by atomic mass is 16.5. The van der Waals surface area contributed by atoms with E-state index in [1.54, 1.807) is 17.6 Å². The summed E-state index contributed by atoms with van der Waals surface area (Å²) in [5.74, 6) is -0.0122. The largest absolute Gasteiger partial charge is 0.288 e. The smallest absolute Gasteiger partial charge is 0.274 e. The molecule has 2 aromatic carbocycles. The zero-order chi connectivity index (χ0) is 13.8. The summed E-state index contributed by atoms with van der Waals surface area (Å²) in [5, 5.41) is 8.57. The minimum Gasteiger partial charge on any atom is -0.288 e. The summed E-state index contributed by atoms with van der Waals surface area (Å²) in [6.07, 6.45) is 0. The van der Waals surface area contributed by atoms with Crippen LogP contribution in [0.15, 0.2) is 48.5 Å². The monoisotopic (exact) mass is 255 g/mol. The molecule has 3 nitrogen and oxygen atoms in total. The van der Waals surface area contributed by atoms with Crippen LogP contribution in [0.25, 0.3) is 11.1 Å². The van der Waals surface area contributed by atoms with Crippen molar-refractivity contribution < 1.29 is 10.0 Å². The van der Waals surface area contributed by atoms with Crippen molar-refractivity contribution in [2.45, 2.75) is 19.8 Å². The zero-order valence-electron chi connectivity index (χ0n) is 11.1. The molecule has 1 amide bonds. The fourth-order valence-corrected chi connectivity index (χ4v) is 1.96. The Balaban J connectivity index is 2.32. The highest BCUT2D eigenvalue weighted by Crippen LogP contribution is 2.24. The average molecular weight is 255 g/mol. The van der Waals surface area contributed by atoms with Crippen molar-refractivity contribution in [3.63, 3.8) is 0 Å². The van der Waals surface area contributed by atoms with Gasteiger partial charge in [-0.3, -0.25) is 10.0 Å². The van der Waals surface area contributed by atoms with E-state index in [1.165, 1.54) is 5.56 Å². The Morgan fingerprint density at radius 1 is 1.05 bits per heavy atom. The number of carbonyl (C=O) groups excluding carboxylic acids is 1. The van der Waals surface area contributed by atoms with Crippen molar-refractivity contribution in [1.82, 2.24) is 5.48 Å². The van der Waals surface area contributed by atoms with E-state index < -0.39 is 5.91 Å². The van der Waals surface area contributed by atoms with Crippen LogP contribution in [0.1, 0.15) is 35.7 Å². The minimum atomic E-state index is -0.498. The summed E-state index contributed by atoms with van der Waals surface area (Å²) < 4.78 is 0. The van der Waals surface area contributed by atoms with E-state index in [4.69, 9.17) is 5.21 Å². The highest BCUT2D eigenvalue weighted by Gasteiger charge is 2.05. The first-order valence-electron chi connectivity index (χ1n) is 6.26. The molecular weight excluding hydrogens is 238 g/mol. The number of amides is 1. The number of benzene rings is 2. The van der Waals surface area contributed by atoms with Gasteiger partial charge in [-0.15, -0.1) is 0 Å². The summed E-state index contributed by atoms with van der Waals surface area (Å²) in [5.41, 5.74) is 5.53. The van der Waals surface area contributed by atoms with Crippen molar-refractivity contribution in [3.05, 3.63) is 59.7 Å². The van der Waals surface area contributed by atoms with Gasteiger partial charge < -0.3 is 0 Å². The van der Waals surface area contributed by atoms with Crippen LogP contribution in [-0.2, 0) is 0 Å². The van der Waals surface area contributed by atoms with E-state index in [-0.39, 0.29) is 0 Å². The van der Waals surface area contributed by atoms with Gasteiger partial charge in [0.1, 0.15) is 0 Å². The second kappa shape index (κ2) is 5.67. The van der Waals surface area contributed by atoms with Gasteiger partial charge in [-0.25, -0.2) is 5.48 Å². The van der Waals surface area contributed by atoms with Gasteiger partial charge in [0.15, 0.2) is 0 Å². The summed E-state index contributed by atoms with van der Waals surface area (Å²) in [4.78, 5) is 11.2. The van der Waals surface area contributed by atoms with E-state index in [0.29, 0.717) is 11.5 Å². The van der Waals surface area contributed by atoms with Crippen molar-refractivity contribution in [2.24, 2.45) is 0 Å². The fourth-order valence-electron chi connectivity index (χ4n) is 1.96. The number of hydrogen-bond acceptors (Lipinski definition) is 2. The van der Waals surface area contributed by atoms with E-state index in [1.807, 2.05) is 24.3 Å². The van der Waals surface area contributed by atoms with Crippen LogP contribution < -0.4 is 5.48 Å². The summed E-state index contributed by atoms with van der Waals surface area (Å²) >= 11 is 0. The van der Waals surface area contributed by atoms with Crippen molar-refractivity contribution in [3.8, 4) is 11.1 Å². The molecule has 0 bridgehead atoms. The Morgan fingerprint density at radius 2 is 1.74 bits per heavy atom. The molecule has 2 aromatic rings. The zero-order valence-corrected chi connectivity index (χ0v) is 11.1. The molecule has 2 rings (SSSR count). The van der Waals surface area contributed by atoms with Crippen molar-refractivity contribution >= 4 is 5.91 Å². The molecule has 0 saturated heterocycles. The molecule has 0 aliphatic carbocycles. The van der Waals surface area contributed by atoms with Crippen LogP contribution >= 0.6 is 0 Å². The van der Waals surface area contributed by atoms with E-state index >= 15 is 0 Å². The third-order valence-corrected chi connectivity index (χ3v) is 3.14. The van der Waals surface area contributed by atoms with E-state index in [9.17, 15) is 4.79 Å². The van der Waals surface area contributed by atoms with E-state index in [0.717, 1.165) is 11.1 Å². The number of nitrogens with one attached hydrogen (secondary N) is 1. The fraction of sp³-hybridized carbons (Fsp3) is 0.188. The van der Waals surface area contributed by atoms with Crippen LogP contribution in [-0.4, -0.2) is 11.1 Å². The lowest BCUT2D eigenvalue weighted by atomic mass is 9.97. The first-order chi connectivity index (χ1) is 9.11. The second-order valence-electron chi connectivity index (χ2n) is 4.80. The van der Waals surface area contributed by atoms with Gasteiger partial charge in [0.2, 0.25) is 0 Å². The molecule has 0 atom stereocenters. The maximum Gasteiger partial charge on any atom is 0.274 e. The normalized spacial score (nSPS) is 10.5. The van der Waals surface area contributed by atoms with Crippen LogP contribution in [0.2, 0.25) is 0 Å². The maximum absolute atomic E-state index is 11.2. The molecule has 0 unspecified atom stereocenters. The van der Waals surface area contributed by atoms with Crippen molar-refractivity contribution in [1.29, 1.82) is 0 Å². The van der Waals surface area contributed by atoms with Gasteiger partial charge in [0, 0.05) is 5.56 Å². The molecule has 3 heteroatoms. The third-order valence-electron chi connectivity index (χ3n) is 3.14. The van der Waals surface area contributed by atoms with Crippen molar-refractivity contribution in [2.75, 3.05) is 0 Å². The summed E-state index contributed by atoms with van der Waals surface area (Å²) in [6, 6.07) is 15.5. The third kappa shape index (κ3) is 3.01. The van der Waals surface area contributed by atoms with Gasteiger partial charge in [-0.05, 0) is 34.7 Å². The van der Waals surface area contributed by atoms with Gasteiger partial charge in [-0.2, -0.15) is 0 Å². The molecule has 0 aliphatic heterocycles. The Labute approximate surface area is 112 Å². The number of carbonyl (C=O) groups is 1. The Hall–Kier alpha value is -2.13. The molecule has 2 N–H and O–H groups in total.